The van der Waals surface area contributed by atoms with Crippen molar-refractivity contribution in [2.24, 2.45) is 0 Å². The minimum Gasteiger partial charge on any atom is -0.336 e. The van der Waals surface area contributed by atoms with E-state index in [-0.39, 0.29) is 41.7 Å². The highest BCUT2D eigenvalue weighted by molar-refractivity contribution is 7.91. The van der Waals surface area contributed by atoms with Crippen LogP contribution in [-0.4, -0.2) is 42.8 Å². The van der Waals surface area contributed by atoms with Gasteiger partial charge < -0.3 is 4.90 Å². The molecule has 120 valence electrons. The number of carbonyl (C=O) groups excluding carboxylic acids is 1. The lowest BCUT2D eigenvalue weighted by molar-refractivity contribution is -0.133. The Bertz CT molecular complexity index is 670. The van der Waals surface area contributed by atoms with Gasteiger partial charge in [0.05, 0.1) is 11.5 Å². The summed E-state index contributed by atoms with van der Waals surface area (Å²) >= 11 is 0. The highest BCUT2D eigenvalue weighted by Gasteiger charge is 2.41. The van der Waals surface area contributed by atoms with Crippen LogP contribution in [0.15, 0.2) is 24.3 Å². The first-order chi connectivity index (χ1) is 10.5. The Morgan fingerprint density at radius 1 is 1.18 bits per heavy atom. The predicted octanol–water partition coefficient (Wildman–Crippen LogP) is 1.94. The minimum atomic E-state index is -3.01. The Labute approximate surface area is 130 Å². The van der Waals surface area contributed by atoms with E-state index in [0.717, 1.165) is 12.8 Å². The van der Waals surface area contributed by atoms with E-state index < -0.39 is 9.84 Å². The molecule has 1 saturated heterocycles. The molecule has 1 aliphatic carbocycles. The molecule has 2 aliphatic rings. The van der Waals surface area contributed by atoms with Crippen molar-refractivity contribution < 1.29 is 17.6 Å². The summed E-state index contributed by atoms with van der Waals surface area (Å²) < 4.78 is 36.9. The number of benzene rings is 1. The first kappa shape index (κ1) is 15.5. The molecule has 1 saturated carbocycles. The third-order valence-electron chi connectivity index (χ3n) is 4.40. The largest absolute Gasteiger partial charge is 0.336 e. The Balaban J connectivity index is 1.65. The van der Waals surface area contributed by atoms with Gasteiger partial charge in [0.2, 0.25) is 5.91 Å². The van der Waals surface area contributed by atoms with Crippen molar-refractivity contribution in [3.63, 3.8) is 0 Å². The van der Waals surface area contributed by atoms with E-state index in [2.05, 4.69) is 0 Å². The van der Waals surface area contributed by atoms with Crippen LogP contribution in [0, 0.1) is 5.82 Å². The molecule has 3 rings (SSSR count). The number of halogens is 1. The van der Waals surface area contributed by atoms with Gasteiger partial charge in [0.1, 0.15) is 5.82 Å². The van der Waals surface area contributed by atoms with Crippen molar-refractivity contribution in [1.29, 1.82) is 0 Å². The molecule has 1 unspecified atom stereocenters. The third-order valence-corrected chi connectivity index (χ3v) is 6.15. The van der Waals surface area contributed by atoms with Crippen molar-refractivity contribution in [3.05, 3.63) is 35.6 Å². The molecule has 22 heavy (non-hydrogen) atoms. The molecule has 4 nitrogen and oxygen atoms in total. The van der Waals surface area contributed by atoms with E-state index in [1.807, 2.05) is 0 Å². The van der Waals surface area contributed by atoms with Crippen LogP contribution in [0.5, 0.6) is 0 Å². The molecule has 0 radical (unpaired) electrons. The molecule has 2 fully saturated rings. The van der Waals surface area contributed by atoms with Gasteiger partial charge in [-0.1, -0.05) is 18.2 Å². The van der Waals surface area contributed by atoms with Crippen LogP contribution in [-0.2, 0) is 21.1 Å². The van der Waals surface area contributed by atoms with E-state index in [0.29, 0.717) is 18.4 Å². The Morgan fingerprint density at radius 2 is 1.91 bits per heavy atom. The van der Waals surface area contributed by atoms with Crippen molar-refractivity contribution in [2.45, 2.75) is 44.2 Å². The van der Waals surface area contributed by atoms with E-state index >= 15 is 0 Å². The normalized spacial score (nSPS) is 23.4. The fourth-order valence-electron chi connectivity index (χ4n) is 3.12. The van der Waals surface area contributed by atoms with Gasteiger partial charge in [0.25, 0.3) is 0 Å². The van der Waals surface area contributed by atoms with E-state index in [4.69, 9.17) is 0 Å². The van der Waals surface area contributed by atoms with Crippen molar-refractivity contribution in [2.75, 3.05) is 11.5 Å². The summed E-state index contributed by atoms with van der Waals surface area (Å²) in [5.74, 6) is -0.0965. The van der Waals surface area contributed by atoms with Gasteiger partial charge in [0, 0.05) is 18.5 Å². The van der Waals surface area contributed by atoms with Crippen LogP contribution in [0.2, 0.25) is 0 Å². The van der Waals surface area contributed by atoms with Gasteiger partial charge in [-0.25, -0.2) is 12.8 Å². The highest BCUT2D eigenvalue weighted by atomic mass is 32.2. The monoisotopic (exact) mass is 325 g/mol. The highest BCUT2D eigenvalue weighted by Crippen LogP contribution is 2.33. The van der Waals surface area contributed by atoms with Crippen LogP contribution in [0.25, 0.3) is 0 Å². The zero-order valence-corrected chi connectivity index (χ0v) is 13.2. The lowest BCUT2D eigenvalue weighted by atomic mass is 10.1. The summed E-state index contributed by atoms with van der Waals surface area (Å²) in [7, 11) is -3.01. The van der Waals surface area contributed by atoms with Crippen LogP contribution in [0.3, 0.4) is 0 Å². The van der Waals surface area contributed by atoms with Gasteiger partial charge in [-0.2, -0.15) is 0 Å². The van der Waals surface area contributed by atoms with Crippen molar-refractivity contribution in [3.8, 4) is 0 Å². The molecule has 0 spiro atoms. The Kier molecular flexibility index (Phi) is 4.21. The fraction of sp³-hybridized carbons (Fsp3) is 0.562. The summed E-state index contributed by atoms with van der Waals surface area (Å²) in [5, 5.41) is 0. The van der Waals surface area contributed by atoms with Gasteiger partial charge in [0.15, 0.2) is 9.84 Å². The Morgan fingerprint density at radius 3 is 2.50 bits per heavy atom. The van der Waals surface area contributed by atoms with E-state index in [9.17, 15) is 17.6 Å². The van der Waals surface area contributed by atoms with Gasteiger partial charge in [-0.15, -0.1) is 0 Å². The number of hydrogen-bond acceptors (Lipinski definition) is 3. The van der Waals surface area contributed by atoms with Gasteiger partial charge in [-0.05, 0) is 37.3 Å². The number of aryl methyl sites for hydroxylation is 1. The predicted molar refractivity (Wildman–Crippen MR) is 81.6 cm³/mol. The molecule has 1 atom stereocenters. The van der Waals surface area contributed by atoms with Gasteiger partial charge >= 0.3 is 0 Å². The molecule has 1 aliphatic heterocycles. The number of rotatable bonds is 5. The molecular formula is C16H20FNO3S. The van der Waals surface area contributed by atoms with Crippen LogP contribution in [0.1, 0.15) is 31.2 Å². The smallest absolute Gasteiger partial charge is 0.223 e. The molecule has 6 heteroatoms. The summed E-state index contributed by atoms with van der Waals surface area (Å²) in [5.41, 5.74) is 0.533. The van der Waals surface area contributed by atoms with Gasteiger partial charge in [-0.3, -0.25) is 4.79 Å². The average Bonchev–Trinajstić information content (AvgIpc) is 3.22. The Hall–Kier alpha value is -1.43. The summed E-state index contributed by atoms with van der Waals surface area (Å²) in [4.78, 5) is 14.3. The maximum Gasteiger partial charge on any atom is 0.223 e. The number of carbonyl (C=O) groups is 1. The fourth-order valence-corrected chi connectivity index (χ4v) is 4.84. The van der Waals surface area contributed by atoms with Crippen LogP contribution < -0.4 is 0 Å². The zero-order valence-electron chi connectivity index (χ0n) is 12.4. The minimum absolute atomic E-state index is 0.0483. The molecule has 0 bridgehead atoms. The maximum atomic E-state index is 13.6. The number of sulfone groups is 1. The third kappa shape index (κ3) is 3.48. The topological polar surface area (TPSA) is 54.5 Å². The second-order valence-corrected chi connectivity index (χ2v) is 8.41. The first-order valence-electron chi connectivity index (χ1n) is 7.71. The molecule has 1 aromatic rings. The van der Waals surface area contributed by atoms with Crippen molar-refractivity contribution >= 4 is 15.7 Å². The van der Waals surface area contributed by atoms with E-state index in [1.54, 1.807) is 23.1 Å². The van der Waals surface area contributed by atoms with E-state index in [1.165, 1.54) is 6.07 Å². The molecule has 1 amide bonds. The second-order valence-electron chi connectivity index (χ2n) is 6.18. The number of amides is 1. The molecular weight excluding hydrogens is 305 g/mol. The molecule has 0 aromatic heterocycles. The molecule has 1 heterocycles. The first-order valence-corrected chi connectivity index (χ1v) is 9.53. The summed E-state index contributed by atoms with van der Waals surface area (Å²) in [6.07, 6.45) is 3.01. The summed E-state index contributed by atoms with van der Waals surface area (Å²) in [6.45, 7) is 0. The molecule has 0 N–H and O–H groups in total. The molecule has 1 aromatic carbocycles. The summed E-state index contributed by atoms with van der Waals surface area (Å²) in [6, 6.07) is 6.45. The second kappa shape index (κ2) is 5.99. The van der Waals surface area contributed by atoms with Crippen molar-refractivity contribution in [1.82, 2.24) is 4.90 Å². The standard InChI is InChI=1S/C16H20FNO3S/c17-15-4-2-1-3-12(15)5-8-16(19)18(13-6-7-13)14-9-10-22(20,21)11-14/h1-4,13-14H,5-11H2. The van der Waals surface area contributed by atoms with Crippen LogP contribution in [0.4, 0.5) is 4.39 Å². The SMILES string of the molecule is O=C(CCc1ccccc1F)N(C1CC1)C1CCS(=O)(=O)C1. The van der Waals surface area contributed by atoms with Crippen LogP contribution >= 0.6 is 0 Å². The lowest BCUT2D eigenvalue weighted by Crippen LogP contribution is -2.42. The maximum absolute atomic E-state index is 13.6. The number of hydrogen-bond donors (Lipinski definition) is 0. The average molecular weight is 325 g/mol. The zero-order chi connectivity index (χ0) is 15.7. The quantitative estimate of drug-likeness (QED) is 0.831. The lowest BCUT2D eigenvalue weighted by Gasteiger charge is -2.28. The number of nitrogens with zero attached hydrogens (tertiary/aromatic N) is 1.